The number of fused-ring (bicyclic) bond motifs is 2. The summed E-state index contributed by atoms with van der Waals surface area (Å²) in [6.45, 7) is 5.81. The molecule has 4 rings (SSSR count). The zero-order chi connectivity index (χ0) is 14.9. The minimum atomic E-state index is 0.440. The van der Waals surface area contributed by atoms with Gasteiger partial charge in [0.25, 0.3) is 0 Å². The van der Waals surface area contributed by atoms with Gasteiger partial charge in [0.1, 0.15) is 0 Å². The number of carbonyl (C=O) groups excluding carboxylic acids is 1. The van der Waals surface area contributed by atoms with Crippen LogP contribution in [0.5, 0.6) is 0 Å². The number of hydrogen-bond acceptors (Lipinski definition) is 3. The van der Waals surface area contributed by atoms with Crippen molar-refractivity contribution in [2.75, 3.05) is 32.7 Å². The predicted octanol–water partition coefficient (Wildman–Crippen LogP) is 1.85. The molecule has 4 aliphatic rings. The molecule has 0 aromatic carbocycles. The van der Waals surface area contributed by atoms with Gasteiger partial charge in [-0.1, -0.05) is 0 Å². The molecular formula is C18H31N3O. The van der Waals surface area contributed by atoms with Gasteiger partial charge in [0.15, 0.2) is 0 Å². The van der Waals surface area contributed by atoms with Crippen molar-refractivity contribution < 1.29 is 4.79 Å². The number of rotatable bonds is 4. The zero-order valence-electron chi connectivity index (χ0n) is 13.8. The van der Waals surface area contributed by atoms with Crippen LogP contribution in [0.3, 0.4) is 0 Å². The van der Waals surface area contributed by atoms with Crippen LogP contribution >= 0.6 is 0 Å². The number of hydrogen-bond donors (Lipinski definition) is 1. The number of nitrogens with zero attached hydrogens (tertiary/aromatic N) is 2. The van der Waals surface area contributed by atoms with Gasteiger partial charge in [0, 0.05) is 38.1 Å². The maximum atomic E-state index is 12.6. The standard InChI is InChI=1S/C18H31N3O/c22-18(11-15-9-16-3-4-17(10-15)19-16)21-8-5-14(13-21)12-20-6-1-2-7-20/h14-17,19H,1-13H2. The first kappa shape index (κ1) is 14.9. The highest BCUT2D eigenvalue weighted by molar-refractivity contribution is 5.76. The van der Waals surface area contributed by atoms with Crippen LogP contribution in [-0.2, 0) is 4.79 Å². The van der Waals surface area contributed by atoms with E-state index in [-0.39, 0.29) is 0 Å². The summed E-state index contributed by atoms with van der Waals surface area (Å²) in [5, 5.41) is 3.68. The quantitative estimate of drug-likeness (QED) is 0.861. The van der Waals surface area contributed by atoms with Crippen molar-refractivity contribution in [2.24, 2.45) is 11.8 Å². The summed E-state index contributed by atoms with van der Waals surface area (Å²) in [6, 6.07) is 1.41. The lowest BCUT2D eigenvalue weighted by molar-refractivity contribution is -0.131. The molecule has 4 heteroatoms. The van der Waals surface area contributed by atoms with E-state index in [0.717, 1.165) is 25.4 Å². The van der Waals surface area contributed by atoms with Gasteiger partial charge in [-0.3, -0.25) is 4.79 Å². The predicted molar refractivity (Wildman–Crippen MR) is 87.6 cm³/mol. The molecule has 4 saturated heterocycles. The van der Waals surface area contributed by atoms with E-state index in [0.29, 0.717) is 23.9 Å². The minimum Gasteiger partial charge on any atom is -0.342 e. The topological polar surface area (TPSA) is 35.6 Å². The molecular weight excluding hydrogens is 274 g/mol. The zero-order valence-corrected chi connectivity index (χ0v) is 13.8. The van der Waals surface area contributed by atoms with Gasteiger partial charge in [-0.25, -0.2) is 0 Å². The molecule has 4 fully saturated rings. The molecule has 2 bridgehead atoms. The number of nitrogens with one attached hydrogen (secondary N) is 1. The van der Waals surface area contributed by atoms with Gasteiger partial charge in [-0.2, -0.15) is 0 Å². The van der Waals surface area contributed by atoms with E-state index in [2.05, 4.69) is 15.1 Å². The van der Waals surface area contributed by atoms with Gasteiger partial charge >= 0.3 is 0 Å². The molecule has 3 unspecified atom stereocenters. The van der Waals surface area contributed by atoms with Crippen molar-refractivity contribution in [2.45, 2.75) is 63.5 Å². The molecule has 4 nitrogen and oxygen atoms in total. The second-order valence-electron chi connectivity index (χ2n) is 8.18. The Balaban J connectivity index is 1.23. The van der Waals surface area contributed by atoms with Crippen LogP contribution in [-0.4, -0.2) is 60.5 Å². The molecule has 124 valence electrons. The van der Waals surface area contributed by atoms with E-state index in [1.807, 2.05) is 0 Å². The molecule has 1 N–H and O–H groups in total. The monoisotopic (exact) mass is 305 g/mol. The van der Waals surface area contributed by atoms with E-state index in [1.54, 1.807) is 0 Å². The van der Waals surface area contributed by atoms with E-state index in [1.165, 1.54) is 64.6 Å². The maximum absolute atomic E-state index is 12.6. The van der Waals surface area contributed by atoms with Crippen LogP contribution in [0.2, 0.25) is 0 Å². The van der Waals surface area contributed by atoms with E-state index < -0.39 is 0 Å². The Morgan fingerprint density at radius 2 is 1.68 bits per heavy atom. The third-order valence-electron chi connectivity index (χ3n) is 6.39. The summed E-state index contributed by atoms with van der Waals surface area (Å²) in [5.74, 6) is 1.81. The molecule has 0 radical (unpaired) electrons. The molecule has 3 atom stereocenters. The fraction of sp³-hybridized carbons (Fsp3) is 0.944. The average molecular weight is 305 g/mol. The van der Waals surface area contributed by atoms with Crippen LogP contribution in [0, 0.1) is 11.8 Å². The Hall–Kier alpha value is -0.610. The Labute approximate surface area is 134 Å². The highest BCUT2D eigenvalue weighted by Gasteiger charge is 2.36. The average Bonchev–Trinajstić information content (AvgIpc) is 3.22. The smallest absolute Gasteiger partial charge is 0.222 e. The van der Waals surface area contributed by atoms with Crippen molar-refractivity contribution in [3.63, 3.8) is 0 Å². The second kappa shape index (κ2) is 6.48. The molecule has 4 aliphatic heterocycles. The molecule has 0 aliphatic carbocycles. The molecule has 0 aromatic heterocycles. The summed E-state index contributed by atoms with van der Waals surface area (Å²) < 4.78 is 0. The molecule has 0 saturated carbocycles. The van der Waals surface area contributed by atoms with Gasteiger partial charge in [-0.05, 0) is 69.9 Å². The fourth-order valence-corrected chi connectivity index (χ4v) is 5.26. The molecule has 0 spiro atoms. The number of carbonyl (C=O) groups is 1. The Morgan fingerprint density at radius 3 is 2.41 bits per heavy atom. The summed E-state index contributed by atoms with van der Waals surface area (Å²) in [7, 11) is 0. The molecule has 22 heavy (non-hydrogen) atoms. The summed E-state index contributed by atoms with van der Waals surface area (Å²) in [6.07, 6.45) is 9.89. The van der Waals surface area contributed by atoms with E-state index in [4.69, 9.17) is 0 Å². The fourth-order valence-electron chi connectivity index (χ4n) is 5.26. The lowest BCUT2D eigenvalue weighted by atomic mass is 9.89. The maximum Gasteiger partial charge on any atom is 0.222 e. The third kappa shape index (κ3) is 3.33. The molecule has 0 aromatic rings. The Bertz CT molecular complexity index is 395. The van der Waals surface area contributed by atoms with Gasteiger partial charge in [0.05, 0.1) is 0 Å². The first-order valence-electron chi connectivity index (χ1n) is 9.52. The highest BCUT2D eigenvalue weighted by Crippen LogP contribution is 2.33. The number of likely N-dealkylation sites (tertiary alicyclic amines) is 2. The van der Waals surface area contributed by atoms with Crippen LogP contribution in [0.15, 0.2) is 0 Å². The van der Waals surface area contributed by atoms with Gasteiger partial charge in [-0.15, -0.1) is 0 Å². The summed E-state index contributed by atoms with van der Waals surface area (Å²) >= 11 is 0. The minimum absolute atomic E-state index is 0.440. The normalized spacial score (nSPS) is 38.8. The highest BCUT2D eigenvalue weighted by atomic mass is 16.2. The van der Waals surface area contributed by atoms with Crippen molar-refractivity contribution in [1.29, 1.82) is 0 Å². The number of amides is 1. The van der Waals surface area contributed by atoms with Gasteiger partial charge < -0.3 is 15.1 Å². The Morgan fingerprint density at radius 1 is 0.955 bits per heavy atom. The number of piperidine rings is 1. The van der Waals surface area contributed by atoms with Crippen LogP contribution in [0.1, 0.15) is 51.4 Å². The van der Waals surface area contributed by atoms with Crippen LogP contribution < -0.4 is 5.32 Å². The second-order valence-corrected chi connectivity index (χ2v) is 8.18. The van der Waals surface area contributed by atoms with E-state index in [9.17, 15) is 4.79 Å². The summed E-state index contributed by atoms with van der Waals surface area (Å²) in [5.41, 5.74) is 0. The molecule has 1 amide bonds. The largest absolute Gasteiger partial charge is 0.342 e. The summed E-state index contributed by atoms with van der Waals surface area (Å²) in [4.78, 5) is 17.4. The van der Waals surface area contributed by atoms with Crippen LogP contribution in [0.4, 0.5) is 0 Å². The lowest BCUT2D eigenvalue weighted by Crippen LogP contribution is -2.40. The first-order valence-corrected chi connectivity index (χ1v) is 9.52. The van der Waals surface area contributed by atoms with Crippen molar-refractivity contribution in [1.82, 2.24) is 15.1 Å². The molecule has 4 heterocycles. The van der Waals surface area contributed by atoms with Crippen molar-refractivity contribution >= 4 is 5.91 Å². The van der Waals surface area contributed by atoms with Crippen molar-refractivity contribution in [3.05, 3.63) is 0 Å². The van der Waals surface area contributed by atoms with Crippen LogP contribution in [0.25, 0.3) is 0 Å². The Kier molecular flexibility index (Phi) is 4.40. The van der Waals surface area contributed by atoms with Crippen molar-refractivity contribution in [3.8, 4) is 0 Å². The van der Waals surface area contributed by atoms with Gasteiger partial charge in [0.2, 0.25) is 5.91 Å². The first-order chi connectivity index (χ1) is 10.8. The lowest BCUT2D eigenvalue weighted by Gasteiger charge is -2.30. The SMILES string of the molecule is O=C(CC1CC2CCC(C1)N2)N1CCC(CN2CCCC2)C1. The third-order valence-corrected chi connectivity index (χ3v) is 6.39. The van der Waals surface area contributed by atoms with E-state index >= 15 is 0 Å².